The molecule has 1 aromatic carbocycles. The van der Waals surface area contributed by atoms with Crippen molar-refractivity contribution in [3.8, 4) is 0 Å². The molecule has 2 aromatic rings. The van der Waals surface area contributed by atoms with Crippen molar-refractivity contribution in [3.05, 3.63) is 41.2 Å². The Kier molecular flexibility index (Phi) is 7.00. The summed E-state index contributed by atoms with van der Waals surface area (Å²) in [6.07, 6.45) is 9.05. The van der Waals surface area contributed by atoms with Crippen LogP contribution in [-0.4, -0.2) is 67.4 Å². The summed E-state index contributed by atoms with van der Waals surface area (Å²) in [4.78, 5) is 22.7. The van der Waals surface area contributed by atoms with Gasteiger partial charge in [-0.3, -0.25) is 5.10 Å². The first-order valence-electron chi connectivity index (χ1n) is 12.5. The fourth-order valence-corrected chi connectivity index (χ4v) is 7.44. The molecule has 5 rings (SSSR count). The molecule has 2 fully saturated rings. The van der Waals surface area contributed by atoms with Crippen LogP contribution in [0.1, 0.15) is 52.9 Å². The molecule has 0 bridgehead atoms. The lowest BCUT2D eigenvalue weighted by Crippen LogP contribution is -2.55. The molecule has 10 heteroatoms. The monoisotopic (exact) mass is 526 g/mol. The highest BCUT2D eigenvalue weighted by Crippen LogP contribution is 2.47. The predicted molar refractivity (Wildman–Crippen MR) is 146 cm³/mol. The lowest BCUT2D eigenvalue weighted by Gasteiger charge is -2.45. The van der Waals surface area contributed by atoms with Crippen LogP contribution in [0.2, 0.25) is 0 Å². The highest BCUT2D eigenvalue weighted by Gasteiger charge is 2.48. The minimum atomic E-state index is -1.06. The zero-order chi connectivity index (χ0) is 25.5. The number of nitrogens with one attached hydrogen (secondary N) is 2. The number of carbonyl (C=O) groups excluding carboxylic acids is 1. The Morgan fingerprint density at radius 2 is 2.06 bits per heavy atom. The molecule has 0 amide bonds. The Labute approximate surface area is 220 Å². The summed E-state index contributed by atoms with van der Waals surface area (Å²) in [6, 6.07) is 6.33. The Morgan fingerprint density at radius 1 is 1.28 bits per heavy atom. The molecule has 1 unspecified atom stereocenters. The fourth-order valence-electron chi connectivity index (χ4n) is 5.51. The van der Waals surface area contributed by atoms with E-state index >= 15 is 0 Å². The van der Waals surface area contributed by atoms with Gasteiger partial charge in [0.15, 0.2) is 5.94 Å². The topological polar surface area (TPSA) is 99.7 Å². The van der Waals surface area contributed by atoms with E-state index in [4.69, 9.17) is 4.99 Å². The maximum atomic E-state index is 12.8. The van der Waals surface area contributed by atoms with Gasteiger partial charge in [0.1, 0.15) is 10.4 Å². The van der Waals surface area contributed by atoms with Gasteiger partial charge < -0.3 is 14.4 Å². The van der Waals surface area contributed by atoms with Gasteiger partial charge in [-0.05, 0) is 70.1 Å². The third-order valence-electron chi connectivity index (χ3n) is 7.66. The van der Waals surface area contributed by atoms with Crippen LogP contribution in [0.5, 0.6) is 0 Å². The van der Waals surface area contributed by atoms with Crippen LogP contribution in [-0.2, 0) is 16.2 Å². The number of likely N-dealkylation sites (N-methyl/N-ethyl adjacent to an activating group) is 1. The van der Waals surface area contributed by atoms with Crippen LogP contribution in [0.15, 0.2) is 51.1 Å². The van der Waals surface area contributed by atoms with Crippen molar-refractivity contribution in [2.45, 2.75) is 68.6 Å². The molecule has 3 aliphatic rings. The average Bonchev–Trinajstić information content (AvgIpc) is 3.46. The molecule has 1 aromatic heterocycles. The van der Waals surface area contributed by atoms with Crippen molar-refractivity contribution in [2.24, 2.45) is 10.4 Å². The van der Waals surface area contributed by atoms with Crippen LogP contribution < -0.4 is 4.72 Å². The Morgan fingerprint density at radius 3 is 2.78 bits per heavy atom. The predicted octanol–water partition coefficient (Wildman–Crippen LogP) is 4.20. The summed E-state index contributed by atoms with van der Waals surface area (Å²) in [5, 5.41) is 8.07. The summed E-state index contributed by atoms with van der Waals surface area (Å²) >= 11 is 0.443. The first kappa shape index (κ1) is 25.4. The maximum Gasteiger partial charge on any atom is 0.206 e. The largest absolute Gasteiger partial charge is 0.598 e. The minimum Gasteiger partial charge on any atom is -0.598 e. The SMILES string of the molecule is CN1C(=C=O)C(Sc2ccc3[nH]ncc3c2)=CN=C1N1CCC2(CCC[C@H]2N[S+]([O-])C(C)(C)C)CC1. The standard InChI is InChI=1S/C26H34N6O2S2/c1-25(2,3)36(34)30-23-6-5-9-26(23)10-12-32(13-11-26)24-27-16-22(21(17-33)31(24)4)35-19-7-8-20-18(14-19)15-28-29-20/h7-8,14-16,23,30H,5-6,9-13H2,1-4H3,(H,28,29)/t23-,36?/m1/s1. The molecule has 1 saturated carbocycles. The van der Waals surface area contributed by atoms with Crippen molar-refractivity contribution < 1.29 is 9.35 Å². The molecule has 8 nitrogen and oxygen atoms in total. The molecule has 36 heavy (non-hydrogen) atoms. The second kappa shape index (κ2) is 9.91. The van der Waals surface area contributed by atoms with E-state index in [-0.39, 0.29) is 16.2 Å². The summed E-state index contributed by atoms with van der Waals surface area (Å²) in [7, 11) is 1.89. The van der Waals surface area contributed by atoms with Gasteiger partial charge in [0, 0.05) is 48.0 Å². The Balaban J connectivity index is 1.29. The van der Waals surface area contributed by atoms with Gasteiger partial charge in [-0.2, -0.15) is 5.10 Å². The number of nitrogens with zero attached hydrogens (tertiary/aromatic N) is 4. The van der Waals surface area contributed by atoms with E-state index in [0.717, 1.165) is 59.0 Å². The smallest absolute Gasteiger partial charge is 0.206 e. The highest BCUT2D eigenvalue weighted by molar-refractivity contribution is 8.03. The summed E-state index contributed by atoms with van der Waals surface area (Å²) in [6.45, 7) is 7.79. The molecular formula is C26H34N6O2S2. The number of likely N-dealkylation sites (tertiary alicyclic amines) is 1. The summed E-state index contributed by atoms with van der Waals surface area (Å²) < 4.78 is 16.0. The molecule has 3 heterocycles. The van der Waals surface area contributed by atoms with Crippen molar-refractivity contribution in [3.63, 3.8) is 0 Å². The van der Waals surface area contributed by atoms with Crippen molar-refractivity contribution >= 4 is 45.9 Å². The van der Waals surface area contributed by atoms with Crippen LogP contribution >= 0.6 is 11.8 Å². The summed E-state index contributed by atoms with van der Waals surface area (Å²) in [5.41, 5.74) is 1.66. The van der Waals surface area contributed by atoms with E-state index in [1.54, 1.807) is 12.4 Å². The molecule has 2 N–H and O–H groups in total. The van der Waals surface area contributed by atoms with Crippen molar-refractivity contribution in [1.82, 2.24) is 24.7 Å². The second-order valence-corrected chi connectivity index (χ2v) is 14.1. The second-order valence-electron chi connectivity index (χ2n) is 10.9. The van der Waals surface area contributed by atoms with E-state index < -0.39 is 11.4 Å². The molecule has 1 aliphatic carbocycles. The van der Waals surface area contributed by atoms with E-state index in [0.29, 0.717) is 5.70 Å². The number of H-pyrrole nitrogens is 1. The van der Waals surface area contributed by atoms with Crippen molar-refractivity contribution in [1.29, 1.82) is 0 Å². The zero-order valence-electron chi connectivity index (χ0n) is 21.3. The number of guanidine groups is 1. The first-order chi connectivity index (χ1) is 17.2. The third-order valence-corrected chi connectivity index (χ3v) is 10.3. The van der Waals surface area contributed by atoms with Gasteiger partial charge in [-0.15, -0.1) is 4.72 Å². The molecular weight excluding hydrogens is 492 g/mol. The number of benzene rings is 1. The van der Waals surface area contributed by atoms with E-state index in [1.165, 1.54) is 24.6 Å². The van der Waals surface area contributed by atoms with Gasteiger partial charge in [-0.25, -0.2) is 9.79 Å². The maximum absolute atomic E-state index is 12.8. The Hall–Kier alpha value is -2.23. The third kappa shape index (κ3) is 4.85. The lowest BCUT2D eigenvalue weighted by atomic mass is 9.74. The number of aromatic nitrogens is 2. The normalized spacial score (nSPS) is 23.1. The number of hydrogen-bond acceptors (Lipinski definition) is 8. The molecule has 0 radical (unpaired) electrons. The van der Waals surface area contributed by atoms with E-state index in [9.17, 15) is 9.35 Å². The van der Waals surface area contributed by atoms with Gasteiger partial charge in [0.2, 0.25) is 5.96 Å². The minimum absolute atomic E-state index is 0.178. The quantitative estimate of drug-likeness (QED) is 0.455. The zero-order valence-corrected chi connectivity index (χ0v) is 23.0. The van der Waals surface area contributed by atoms with Crippen molar-refractivity contribution in [2.75, 3.05) is 20.1 Å². The fraction of sp³-hybridized carbons (Fsp3) is 0.538. The van der Waals surface area contributed by atoms with Crippen LogP contribution in [0.3, 0.4) is 0 Å². The molecule has 1 spiro atoms. The van der Waals surface area contributed by atoms with Crippen LogP contribution in [0.4, 0.5) is 0 Å². The Bertz CT molecular complexity index is 1230. The number of piperidine rings is 1. The van der Waals surface area contributed by atoms with Gasteiger partial charge in [0.05, 0.1) is 22.7 Å². The number of rotatable bonds is 4. The van der Waals surface area contributed by atoms with Gasteiger partial charge >= 0.3 is 0 Å². The molecule has 192 valence electrons. The summed E-state index contributed by atoms with van der Waals surface area (Å²) in [5.74, 6) is 2.94. The highest BCUT2D eigenvalue weighted by atomic mass is 32.2. The molecule has 2 atom stereocenters. The number of aliphatic imine (C=N–C) groups is 1. The first-order valence-corrected chi connectivity index (χ1v) is 14.5. The van der Waals surface area contributed by atoms with Crippen LogP contribution in [0.25, 0.3) is 10.9 Å². The number of fused-ring (bicyclic) bond motifs is 1. The van der Waals surface area contributed by atoms with Gasteiger partial charge in [0.25, 0.3) is 0 Å². The van der Waals surface area contributed by atoms with E-state index in [1.807, 2.05) is 44.9 Å². The molecule has 1 saturated heterocycles. The number of aromatic amines is 1. The molecule has 2 aliphatic heterocycles. The van der Waals surface area contributed by atoms with E-state index in [2.05, 4.69) is 31.8 Å². The lowest BCUT2D eigenvalue weighted by molar-refractivity contribution is 0.122. The van der Waals surface area contributed by atoms with Crippen LogP contribution in [0, 0.1) is 5.41 Å². The number of thioether (sulfide) groups is 1. The average molecular weight is 527 g/mol. The van der Waals surface area contributed by atoms with Gasteiger partial charge in [-0.1, -0.05) is 18.2 Å². The number of hydrogen-bond donors (Lipinski definition) is 2.